The number of hydrogen-bond donors (Lipinski definition) is 0. The van der Waals surface area contributed by atoms with Gasteiger partial charge in [-0.05, 0) is 55.4 Å². The Hall–Kier alpha value is -2.30. The summed E-state index contributed by atoms with van der Waals surface area (Å²) in [5.41, 5.74) is 1.18. The predicted octanol–water partition coefficient (Wildman–Crippen LogP) is 3.84. The molecular formula is C19H20F2N2O. The van der Waals surface area contributed by atoms with E-state index in [-0.39, 0.29) is 5.91 Å². The number of hydrogen-bond acceptors (Lipinski definition) is 2. The maximum Gasteiger partial charge on any atom is 0.253 e. The molecule has 1 aromatic carbocycles. The highest BCUT2D eigenvalue weighted by Gasteiger charge is 2.24. The largest absolute Gasteiger partial charge is 0.338 e. The van der Waals surface area contributed by atoms with Crippen molar-refractivity contribution < 1.29 is 13.6 Å². The standard InChI is InChI=1S/C19H20F2N2O/c20-17-6-5-15(18(21)12-17)4-3-14-2-1-11-23(13-14)19(24)16-7-9-22-10-8-16/h5-10,12,14H,1-4,11,13H2. The van der Waals surface area contributed by atoms with E-state index in [9.17, 15) is 13.6 Å². The van der Waals surface area contributed by atoms with Crippen LogP contribution in [0.5, 0.6) is 0 Å². The average molecular weight is 330 g/mol. The number of likely N-dealkylation sites (tertiary alicyclic amines) is 1. The average Bonchev–Trinajstić information content (AvgIpc) is 2.61. The van der Waals surface area contributed by atoms with E-state index < -0.39 is 11.6 Å². The number of aryl methyl sites for hydroxylation is 1. The van der Waals surface area contributed by atoms with Crippen molar-refractivity contribution in [2.75, 3.05) is 13.1 Å². The second kappa shape index (κ2) is 7.51. The molecule has 1 aliphatic rings. The molecule has 1 aliphatic heterocycles. The van der Waals surface area contributed by atoms with E-state index >= 15 is 0 Å². The van der Waals surface area contributed by atoms with Gasteiger partial charge in [0, 0.05) is 37.1 Å². The Morgan fingerprint density at radius 3 is 2.75 bits per heavy atom. The van der Waals surface area contributed by atoms with E-state index in [2.05, 4.69) is 4.98 Å². The monoisotopic (exact) mass is 330 g/mol. The number of carbonyl (C=O) groups is 1. The molecule has 1 fully saturated rings. The molecule has 1 amide bonds. The number of piperidine rings is 1. The molecule has 0 aliphatic carbocycles. The topological polar surface area (TPSA) is 33.2 Å². The number of rotatable bonds is 4. The first-order chi connectivity index (χ1) is 11.6. The lowest BCUT2D eigenvalue weighted by Crippen LogP contribution is -2.40. The van der Waals surface area contributed by atoms with Gasteiger partial charge in [-0.15, -0.1) is 0 Å². The number of carbonyl (C=O) groups excluding carboxylic acids is 1. The van der Waals surface area contributed by atoms with Gasteiger partial charge in [-0.2, -0.15) is 0 Å². The highest BCUT2D eigenvalue weighted by molar-refractivity contribution is 5.94. The molecule has 0 N–H and O–H groups in total. The van der Waals surface area contributed by atoms with Crippen molar-refractivity contribution in [1.82, 2.24) is 9.88 Å². The van der Waals surface area contributed by atoms with Crippen LogP contribution >= 0.6 is 0 Å². The third-order valence-electron chi connectivity index (χ3n) is 4.57. The van der Waals surface area contributed by atoms with Crippen molar-refractivity contribution in [3.63, 3.8) is 0 Å². The van der Waals surface area contributed by atoms with Crippen molar-refractivity contribution in [1.29, 1.82) is 0 Å². The molecule has 1 atom stereocenters. The minimum absolute atomic E-state index is 0.0232. The first-order valence-electron chi connectivity index (χ1n) is 8.26. The van der Waals surface area contributed by atoms with Crippen molar-refractivity contribution >= 4 is 5.91 Å². The van der Waals surface area contributed by atoms with Crippen molar-refractivity contribution in [3.8, 4) is 0 Å². The molecule has 5 heteroatoms. The maximum atomic E-state index is 13.7. The SMILES string of the molecule is O=C(c1ccncc1)N1CCCC(CCc2ccc(F)cc2F)C1. The summed E-state index contributed by atoms with van der Waals surface area (Å²) in [5.74, 6) is -0.678. The molecule has 126 valence electrons. The maximum absolute atomic E-state index is 13.7. The zero-order valence-corrected chi connectivity index (χ0v) is 13.4. The van der Waals surface area contributed by atoms with Gasteiger partial charge in [-0.25, -0.2) is 8.78 Å². The number of benzene rings is 1. The van der Waals surface area contributed by atoms with Gasteiger partial charge in [0.05, 0.1) is 0 Å². The zero-order valence-electron chi connectivity index (χ0n) is 13.4. The highest BCUT2D eigenvalue weighted by atomic mass is 19.1. The van der Waals surface area contributed by atoms with E-state index in [1.165, 1.54) is 12.1 Å². The third-order valence-corrected chi connectivity index (χ3v) is 4.57. The highest BCUT2D eigenvalue weighted by Crippen LogP contribution is 2.23. The van der Waals surface area contributed by atoms with Crippen LogP contribution < -0.4 is 0 Å². The molecule has 1 saturated heterocycles. The minimum atomic E-state index is -0.553. The molecule has 1 unspecified atom stereocenters. The molecule has 3 rings (SSSR count). The molecule has 2 aromatic rings. The first-order valence-corrected chi connectivity index (χ1v) is 8.26. The van der Waals surface area contributed by atoms with Gasteiger partial charge in [0.25, 0.3) is 5.91 Å². The van der Waals surface area contributed by atoms with E-state index in [1.807, 2.05) is 4.90 Å². The van der Waals surface area contributed by atoms with Crippen LogP contribution in [0.15, 0.2) is 42.7 Å². The zero-order chi connectivity index (χ0) is 16.9. The van der Waals surface area contributed by atoms with Crippen molar-refractivity contribution in [3.05, 3.63) is 65.5 Å². The van der Waals surface area contributed by atoms with E-state index in [4.69, 9.17) is 0 Å². The minimum Gasteiger partial charge on any atom is -0.338 e. The second-order valence-corrected chi connectivity index (χ2v) is 6.27. The fourth-order valence-electron chi connectivity index (χ4n) is 3.25. The van der Waals surface area contributed by atoms with Crippen LogP contribution in [0.3, 0.4) is 0 Å². The molecule has 0 spiro atoms. The summed E-state index contributed by atoms with van der Waals surface area (Å²) >= 11 is 0. The number of aromatic nitrogens is 1. The van der Waals surface area contributed by atoms with Crippen LogP contribution in [0.2, 0.25) is 0 Å². The van der Waals surface area contributed by atoms with Crippen LogP contribution in [-0.4, -0.2) is 28.9 Å². The lowest BCUT2D eigenvalue weighted by molar-refractivity contribution is 0.0668. The van der Waals surface area contributed by atoms with Crippen LogP contribution in [0.4, 0.5) is 8.78 Å². The Morgan fingerprint density at radius 1 is 1.21 bits per heavy atom. The summed E-state index contributed by atoms with van der Waals surface area (Å²) in [4.78, 5) is 18.3. The summed E-state index contributed by atoms with van der Waals surface area (Å²) in [7, 11) is 0. The second-order valence-electron chi connectivity index (χ2n) is 6.27. The third kappa shape index (κ3) is 3.96. The van der Waals surface area contributed by atoms with Crippen LogP contribution in [0.25, 0.3) is 0 Å². The fourth-order valence-corrected chi connectivity index (χ4v) is 3.25. The molecule has 24 heavy (non-hydrogen) atoms. The molecule has 0 radical (unpaired) electrons. The van der Waals surface area contributed by atoms with Crippen LogP contribution in [0.1, 0.15) is 35.2 Å². The molecule has 3 nitrogen and oxygen atoms in total. The normalized spacial score (nSPS) is 17.8. The quantitative estimate of drug-likeness (QED) is 0.853. The van der Waals surface area contributed by atoms with Crippen molar-refractivity contribution in [2.45, 2.75) is 25.7 Å². The van der Waals surface area contributed by atoms with E-state index in [0.717, 1.165) is 31.9 Å². The molecule has 1 aromatic heterocycles. The fraction of sp³-hybridized carbons (Fsp3) is 0.368. The Kier molecular flexibility index (Phi) is 5.18. The van der Waals surface area contributed by atoms with Crippen LogP contribution in [0, 0.1) is 17.6 Å². The van der Waals surface area contributed by atoms with Gasteiger partial charge in [0.15, 0.2) is 0 Å². The van der Waals surface area contributed by atoms with Gasteiger partial charge in [-0.1, -0.05) is 6.07 Å². The summed E-state index contributed by atoms with van der Waals surface area (Å²) < 4.78 is 26.7. The summed E-state index contributed by atoms with van der Waals surface area (Å²) in [6, 6.07) is 7.17. The smallest absolute Gasteiger partial charge is 0.253 e. The Labute approximate surface area is 140 Å². The molecule has 0 bridgehead atoms. The Morgan fingerprint density at radius 2 is 2.00 bits per heavy atom. The molecule has 2 heterocycles. The Bertz CT molecular complexity index is 706. The summed E-state index contributed by atoms with van der Waals surface area (Å²) in [5, 5.41) is 0. The lowest BCUT2D eigenvalue weighted by Gasteiger charge is -2.33. The van der Waals surface area contributed by atoms with Crippen molar-refractivity contribution in [2.24, 2.45) is 5.92 Å². The number of pyridine rings is 1. The molecular weight excluding hydrogens is 310 g/mol. The number of nitrogens with zero attached hydrogens (tertiary/aromatic N) is 2. The van der Waals surface area contributed by atoms with Gasteiger partial charge in [0.2, 0.25) is 0 Å². The van der Waals surface area contributed by atoms with E-state index in [1.54, 1.807) is 24.5 Å². The van der Waals surface area contributed by atoms with Gasteiger partial charge in [-0.3, -0.25) is 9.78 Å². The lowest BCUT2D eigenvalue weighted by atomic mass is 9.91. The summed E-state index contributed by atoms with van der Waals surface area (Å²) in [6.45, 7) is 1.44. The van der Waals surface area contributed by atoms with Gasteiger partial charge in [0.1, 0.15) is 11.6 Å². The van der Waals surface area contributed by atoms with E-state index in [0.29, 0.717) is 30.0 Å². The van der Waals surface area contributed by atoms with Gasteiger partial charge < -0.3 is 4.90 Å². The Balaban J connectivity index is 1.58. The number of halogens is 2. The molecule has 0 saturated carbocycles. The first kappa shape index (κ1) is 16.6. The predicted molar refractivity (Wildman–Crippen MR) is 87.5 cm³/mol. The number of amides is 1. The van der Waals surface area contributed by atoms with Crippen LogP contribution in [-0.2, 0) is 6.42 Å². The summed E-state index contributed by atoms with van der Waals surface area (Å²) in [6.07, 6.45) is 6.57. The van der Waals surface area contributed by atoms with Gasteiger partial charge >= 0.3 is 0 Å².